The first-order valence-electron chi connectivity index (χ1n) is 6.58. The topological polar surface area (TPSA) is 22.1 Å². The lowest BCUT2D eigenvalue weighted by Crippen LogP contribution is -1.90. The van der Waals surface area contributed by atoms with Gasteiger partial charge in [0.05, 0.1) is 7.11 Å². The molecule has 0 N–H and O–H groups in total. The molecule has 20 heavy (non-hydrogen) atoms. The summed E-state index contributed by atoms with van der Waals surface area (Å²) in [5, 5.41) is 1.07. The Labute approximate surface area is 120 Å². The standard InChI is InChI=1S/C18H19NO/c1-5-14(10-9-13(2)3)16-11-15-7-6-8-17(20-4)18(15)19-12-16/h5-12H,2H2,1,3-4H3/b10-9-,14-5+. The first kappa shape index (κ1) is 14.1. The molecule has 1 heterocycles. The van der Waals surface area contributed by atoms with Crippen LogP contribution in [-0.2, 0) is 0 Å². The highest BCUT2D eigenvalue weighted by molar-refractivity contribution is 5.88. The third-order valence-corrected chi connectivity index (χ3v) is 3.09. The van der Waals surface area contributed by atoms with Crippen LogP contribution in [0.2, 0.25) is 0 Å². The van der Waals surface area contributed by atoms with E-state index in [1.807, 2.05) is 44.3 Å². The monoisotopic (exact) mass is 265 g/mol. The second-order valence-electron chi connectivity index (χ2n) is 4.68. The van der Waals surface area contributed by atoms with Crippen LogP contribution in [0.3, 0.4) is 0 Å². The fourth-order valence-electron chi connectivity index (χ4n) is 2.05. The quantitative estimate of drug-likeness (QED) is 0.742. The normalized spacial score (nSPS) is 12.1. The summed E-state index contributed by atoms with van der Waals surface area (Å²) in [7, 11) is 1.66. The van der Waals surface area contributed by atoms with Crippen molar-refractivity contribution >= 4 is 16.5 Å². The Morgan fingerprint density at radius 3 is 2.75 bits per heavy atom. The molecule has 2 aromatic rings. The van der Waals surface area contributed by atoms with Gasteiger partial charge in [0, 0.05) is 17.1 Å². The number of hydrogen-bond acceptors (Lipinski definition) is 2. The summed E-state index contributed by atoms with van der Waals surface area (Å²) in [6, 6.07) is 8.07. The lowest BCUT2D eigenvalue weighted by atomic mass is 10.0. The molecule has 0 saturated carbocycles. The molecule has 0 radical (unpaired) electrons. The van der Waals surface area contributed by atoms with Gasteiger partial charge in [-0.15, -0.1) is 0 Å². The molecular formula is C18H19NO. The molecule has 0 fully saturated rings. The maximum absolute atomic E-state index is 5.33. The third-order valence-electron chi connectivity index (χ3n) is 3.09. The van der Waals surface area contributed by atoms with E-state index in [1.54, 1.807) is 7.11 Å². The molecule has 0 saturated heterocycles. The second kappa shape index (κ2) is 6.20. The van der Waals surface area contributed by atoms with Crippen molar-refractivity contribution in [2.45, 2.75) is 13.8 Å². The van der Waals surface area contributed by atoms with Gasteiger partial charge in [0.1, 0.15) is 11.3 Å². The molecule has 0 amide bonds. The Morgan fingerprint density at radius 2 is 2.10 bits per heavy atom. The van der Waals surface area contributed by atoms with Crippen LogP contribution >= 0.6 is 0 Å². The number of allylic oxidation sites excluding steroid dienone is 5. The minimum Gasteiger partial charge on any atom is -0.494 e. The summed E-state index contributed by atoms with van der Waals surface area (Å²) in [5.41, 5.74) is 4.13. The van der Waals surface area contributed by atoms with E-state index < -0.39 is 0 Å². The number of aromatic nitrogens is 1. The zero-order valence-corrected chi connectivity index (χ0v) is 12.2. The Morgan fingerprint density at radius 1 is 1.30 bits per heavy atom. The summed E-state index contributed by atoms with van der Waals surface area (Å²) in [4.78, 5) is 4.53. The number of methoxy groups -OCH3 is 1. The van der Waals surface area contributed by atoms with Gasteiger partial charge in [0.2, 0.25) is 0 Å². The maximum atomic E-state index is 5.33. The predicted octanol–water partition coefficient (Wildman–Crippen LogP) is 4.78. The number of para-hydroxylation sites is 1. The summed E-state index contributed by atoms with van der Waals surface area (Å²) >= 11 is 0. The highest BCUT2D eigenvalue weighted by Gasteiger charge is 2.04. The molecule has 0 aliphatic rings. The predicted molar refractivity (Wildman–Crippen MR) is 85.9 cm³/mol. The van der Waals surface area contributed by atoms with Crippen molar-refractivity contribution in [1.82, 2.24) is 4.98 Å². The van der Waals surface area contributed by atoms with Gasteiger partial charge in [-0.2, -0.15) is 0 Å². The summed E-state index contributed by atoms with van der Waals surface area (Å²) in [5.74, 6) is 0.800. The van der Waals surface area contributed by atoms with E-state index in [0.717, 1.165) is 33.4 Å². The first-order valence-corrected chi connectivity index (χ1v) is 6.58. The highest BCUT2D eigenvalue weighted by atomic mass is 16.5. The smallest absolute Gasteiger partial charge is 0.145 e. The average molecular weight is 265 g/mol. The maximum Gasteiger partial charge on any atom is 0.145 e. The number of fused-ring (bicyclic) bond motifs is 1. The zero-order chi connectivity index (χ0) is 14.5. The van der Waals surface area contributed by atoms with E-state index in [-0.39, 0.29) is 0 Å². The highest BCUT2D eigenvalue weighted by Crippen LogP contribution is 2.26. The first-order chi connectivity index (χ1) is 9.65. The van der Waals surface area contributed by atoms with Crippen molar-refractivity contribution in [2.75, 3.05) is 7.11 Å². The summed E-state index contributed by atoms with van der Waals surface area (Å²) < 4.78 is 5.33. The van der Waals surface area contributed by atoms with Crippen LogP contribution in [0.25, 0.3) is 16.5 Å². The van der Waals surface area contributed by atoms with Gasteiger partial charge in [0.15, 0.2) is 0 Å². The SMILES string of the molecule is C=C(C)/C=C\C(=C/C)c1cnc2c(OC)cccc2c1. The Bertz CT molecular complexity index is 696. The van der Waals surface area contributed by atoms with Gasteiger partial charge in [0.25, 0.3) is 0 Å². The van der Waals surface area contributed by atoms with Crippen LogP contribution in [0, 0.1) is 0 Å². The van der Waals surface area contributed by atoms with Crippen molar-refractivity contribution in [3.05, 3.63) is 66.4 Å². The van der Waals surface area contributed by atoms with Gasteiger partial charge >= 0.3 is 0 Å². The minimum atomic E-state index is 0.800. The van der Waals surface area contributed by atoms with Gasteiger partial charge in [-0.05, 0) is 31.6 Å². The molecule has 2 heteroatoms. The Kier molecular flexibility index (Phi) is 4.36. The van der Waals surface area contributed by atoms with Crippen LogP contribution in [0.5, 0.6) is 5.75 Å². The van der Waals surface area contributed by atoms with Crippen LogP contribution in [0.1, 0.15) is 19.4 Å². The average Bonchev–Trinajstić information content (AvgIpc) is 2.46. The molecular weight excluding hydrogens is 246 g/mol. The molecule has 0 spiro atoms. The number of ether oxygens (including phenoxy) is 1. The molecule has 2 rings (SSSR count). The van der Waals surface area contributed by atoms with Gasteiger partial charge in [-0.3, -0.25) is 4.98 Å². The number of hydrogen-bond donors (Lipinski definition) is 0. The lowest BCUT2D eigenvalue weighted by Gasteiger charge is -2.07. The summed E-state index contributed by atoms with van der Waals surface area (Å²) in [6.07, 6.45) is 8.02. The minimum absolute atomic E-state index is 0.800. The molecule has 0 unspecified atom stereocenters. The van der Waals surface area contributed by atoms with Gasteiger partial charge in [-0.25, -0.2) is 0 Å². The zero-order valence-electron chi connectivity index (χ0n) is 12.2. The van der Waals surface area contributed by atoms with Crippen LogP contribution in [-0.4, -0.2) is 12.1 Å². The lowest BCUT2D eigenvalue weighted by molar-refractivity contribution is 0.419. The van der Waals surface area contributed by atoms with E-state index in [2.05, 4.69) is 29.8 Å². The molecule has 0 bridgehead atoms. The van der Waals surface area contributed by atoms with Crippen molar-refractivity contribution in [2.24, 2.45) is 0 Å². The van der Waals surface area contributed by atoms with Crippen molar-refractivity contribution < 1.29 is 4.74 Å². The van der Waals surface area contributed by atoms with E-state index in [9.17, 15) is 0 Å². The van der Waals surface area contributed by atoms with Gasteiger partial charge in [-0.1, -0.05) is 42.5 Å². The van der Waals surface area contributed by atoms with Crippen molar-refractivity contribution in [3.63, 3.8) is 0 Å². The molecule has 102 valence electrons. The van der Waals surface area contributed by atoms with E-state index in [0.29, 0.717) is 0 Å². The number of rotatable bonds is 4. The number of nitrogens with zero attached hydrogens (tertiary/aromatic N) is 1. The van der Waals surface area contributed by atoms with E-state index in [1.165, 1.54) is 0 Å². The second-order valence-corrected chi connectivity index (χ2v) is 4.68. The number of pyridine rings is 1. The number of benzene rings is 1. The van der Waals surface area contributed by atoms with E-state index in [4.69, 9.17) is 4.74 Å². The molecule has 0 atom stereocenters. The fraction of sp³-hybridized carbons (Fsp3) is 0.167. The Hall–Kier alpha value is -2.35. The van der Waals surface area contributed by atoms with Gasteiger partial charge < -0.3 is 4.74 Å². The molecule has 1 aromatic heterocycles. The van der Waals surface area contributed by atoms with Crippen LogP contribution < -0.4 is 4.74 Å². The van der Waals surface area contributed by atoms with Crippen molar-refractivity contribution in [1.29, 1.82) is 0 Å². The van der Waals surface area contributed by atoms with Crippen LogP contribution in [0.4, 0.5) is 0 Å². The largest absolute Gasteiger partial charge is 0.494 e. The fourth-order valence-corrected chi connectivity index (χ4v) is 2.05. The third kappa shape index (κ3) is 2.97. The van der Waals surface area contributed by atoms with Crippen molar-refractivity contribution in [3.8, 4) is 5.75 Å². The van der Waals surface area contributed by atoms with E-state index >= 15 is 0 Å². The summed E-state index contributed by atoms with van der Waals surface area (Å²) in [6.45, 7) is 7.88. The molecule has 2 nitrogen and oxygen atoms in total. The van der Waals surface area contributed by atoms with Crippen LogP contribution in [0.15, 0.2) is 60.8 Å². The molecule has 0 aliphatic heterocycles. The Balaban J connectivity index is 2.48. The molecule has 1 aromatic carbocycles. The molecule has 0 aliphatic carbocycles.